The van der Waals surface area contributed by atoms with Crippen LogP contribution in [0.1, 0.15) is 31.0 Å². The van der Waals surface area contributed by atoms with Crippen LogP contribution in [0.2, 0.25) is 5.02 Å². The van der Waals surface area contributed by atoms with Gasteiger partial charge in [-0.3, -0.25) is 4.79 Å². The van der Waals surface area contributed by atoms with E-state index in [1.165, 1.54) is 11.8 Å². The average molecular weight is 562 g/mol. The highest BCUT2D eigenvalue weighted by Gasteiger charge is 2.34. The van der Waals surface area contributed by atoms with Gasteiger partial charge in [-0.1, -0.05) is 47.6 Å². The standard InChI is InChI=1S/C29H28ClN5O3S/c1-4-38-24-12-8-20(9-13-24)26-25(27(36)32-22-10-14-23(37-3)15-11-22)18(2)31-28-33-29(34-35(26)28)39-17-19-6-5-7-21(30)16-19/h5-16,26H,4,17H2,1-3H3,(H,32,36)(H,31,33,34)/t26-/m0/s1. The molecule has 0 fully saturated rings. The molecule has 1 atom stereocenters. The van der Waals surface area contributed by atoms with Crippen LogP contribution < -0.4 is 20.1 Å². The van der Waals surface area contributed by atoms with Crippen LogP contribution in [0.25, 0.3) is 0 Å². The molecule has 3 aromatic carbocycles. The first-order valence-electron chi connectivity index (χ1n) is 12.4. The molecule has 1 aliphatic heterocycles. The zero-order valence-electron chi connectivity index (χ0n) is 21.8. The number of hydrogen-bond donors (Lipinski definition) is 2. The number of nitrogens with one attached hydrogen (secondary N) is 2. The molecule has 0 aliphatic carbocycles. The molecule has 8 nitrogen and oxygen atoms in total. The van der Waals surface area contributed by atoms with Gasteiger partial charge in [-0.15, -0.1) is 5.10 Å². The van der Waals surface area contributed by atoms with E-state index in [4.69, 9.17) is 31.2 Å². The third-order valence-corrected chi connectivity index (χ3v) is 7.33. The van der Waals surface area contributed by atoms with Crippen molar-refractivity contribution in [1.29, 1.82) is 0 Å². The number of aromatic nitrogens is 3. The first-order valence-corrected chi connectivity index (χ1v) is 13.8. The van der Waals surface area contributed by atoms with E-state index in [1.54, 1.807) is 36.1 Å². The number of amides is 1. The minimum Gasteiger partial charge on any atom is -0.497 e. The Morgan fingerprint density at radius 3 is 2.54 bits per heavy atom. The average Bonchev–Trinajstić information content (AvgIpc) is 3.34. The highest BCUT2D eigenvalue weighted by Crippen LogP contribution is 2.37. The topological polar surface area (TPSA) is 90.3 Å². The Bertz CT molecular complexity index is 1500. The van der Waals surface area contributed by atoms with Crippen molar-refractivity contribution < 1.29 is 14.3 Å². The maximum atomic E-state index is 13.7. The predicted octanol–water partition coefficient (Wildman–Crippen LogP) is 6.56. The molecule has 2 N–H and O–H groups in total. The van der Waals surface area contributed by atoms with E-state index < -0.39 is 6.04 Å². The smallest absolute Gasteiger partial charge is 0.255 e. The van der Waals surface area contributed by atoms with Crippen molar-refractivity contribution >= 4 is 40.9 Å². The number of carbonyl (C=O) groups is 1. The third kappa shape index (κ3) is 6.05. The highest BCUT2D eigenvalue weighted by atomic mass is 35.5. The first kappa shape index (κ1) is 26.6. The number of allylic oxidation sites excluding steroid dienone is 1. The quantitative estimate of drug-likeness (QED) is 0.224. The van der Waals surface area contributed by atoms with E-state index in [9.17, 15) is 4.79 Å². The molecule has 0 saturated carbocycles. The third-order valence-electron chi connectivity index (χ3n) is 6.19. The van der Waals surface area contributed by atoms with Gasteiger partial charge in [0.05, 0.1) is 19.3 Å². The van der Waals surface area contributed by atoms with Gasteiger partial charge in [0.25, 0.3) is 5.91 Å². The number of ether oxygens (including phenoxy) is 2. The van der Waals surface area contributed by atoms with Crippen molar-refractivity contribution in [3.8, 4) is 11.5 Å². The molecule has 0 unspecified atom stereocenters. The van der Waals surface area contributed by atoms with Crippen LogP contribution in [0, 0.1) is 0 Å². The van der Waals surface area contributed by atoms with Crippen LogP contribution in [0.15, 0.2) is 89.2 Å². The van der Waals surface area contributed by atoms with Crippen molar-refractivity contribution in [2.75, 3.05) is 24.4 Å². The largest absolute Gasteiger partial charge is 0.497 e. The molecule has 5 rings (SSSR count). The van der Waals surface area contributed by atoms with Crippen LogP contribution in [0.3, 0.4) is 0 Å². The zero-order valence-corrected chi connectivity index (χ0v) is 23.3. The predicted molar refractivity (Wildman–Crippen MR) is 155 cm³/mol. The molecule has 200 valence electrons. The van der Waals surface area contributed by atoms with Gasteiger partial charge >= 0.3 is 0 Å². The Morgan fingerprint density at radius 1 is 1.10 bits per heavy atom. The van der Waals surface area contributed by atoms with Gasteiger partial charge in [-0.25, -0.2) is 4.68 Å². The Morgan fingerprint density at radius 2 is 1.85 bits per heavy atom. The summed E-state index contributed by atoms with van der Waals surface area (Å²) in [5.41, 5.74) is 3.86. The Balaban J connectivity index is 1.47. The molecule has 39 heavy (non-hydrogen) atoms. The number of fused-ring (bicyclic) bond motifs is 1. The lowest BCUT2D eigenvalue weighted by Crippen LogP contribution is -2.31. The number of benzene rings is 3. The summed E-state index contributed by atoms with van der Waals surface area (Å²) in [4.78, 5) is 18.4. The number of halogens is 1. The number of thioether (sulfide) groups is 1. The van der Waals surface area contributed by atoms with Crippen LogP contribution in [-0.2, 0) is 10.5 Å². The maximum absolute atomic E-state index is 13.7. The number of rotatable bonds is 9. The molecule has 10 heteroatoms. The Kier molecular flexibility index (Phi) is 8.09. The number of methoxy groups -OCH3 is 1. The molecular formula is C29H28ClN5O3S. The van der Waals surface area contributed by atoms with E-state index in [2.05, 4.69) is 10.6 Å². The summed E-state index contributed by atoms with van der Waals surface area (Å²) in [5.74, 6) is 2.47. The van der Waals surface area contributed by atoms with Crippen molar-refractivity contribution in [2.45, 2.75) is 30.8 Å². The van der Waals surface area contributed by atoms with Gasteiger partial charge in [0.15, 0.2) is 0 Å². The van der Waals surface area contributed by atoms with E-state index in [0.717, 1.165) is 16.9 Å². The molecule has 2 heterocycles. The van der Waals surface area contributed by atoms with Crippen molar-refractivity contribution in [2.24, 2.45) is 0 Å². The van der Waals surface area contributed by atoms with Crippen molar-refractivity contribution in [1.82, 2.24) is 14.8 Å². The minimum atomic E-state index is -0.497. The second-order valence-corrected chi connectivity index (χ2v) is 10.2. The van der Waals surface area contributed by atoms with Crippen LogP contribution in [-0.4, -0.2) is 34.4 Å². The summed E-state index contributed by atoms with van der Waals surface area (Å²) in [7, 11) is 1.61. The van der Waals surface area contributed by atoms with Gasteiger partial charge in [0, 0.05) is 22.2 Å². The van der Waals surface area contributed by atoms with E-state index in [0.29, 0.717) is 51.2 Å². The van der Waals surface area contributed by atoms with E-state index in [-0.39, 0.29) is 5.91 Å². The van der Waals surface area contributed by atoms with Crippen LogP contribution in [0.5, 0.6) is 11.5 Å². The number of anilines is 2. The maximum Gasteiger partial charge on any atom is 0.255 e. The van der Waals surface area contributed by atoms with Gasteiger partial charge in [-0.2, -0.15) is 4.98 Å². The van der Waals surface area contributed by atoms with E-state index >= 15 is 0 Å². The number of nitrogens with zero attached hydrogens (tertiary/aromatic N) is 3. The fraction of sp³-hybridized carbons (Fsp3) is 0.207. The van der Waals surface area contributed by atoms with Crippen LogP contribution >= 0.6 is 23.4 Å². The molecule has 1 aromatic heterocycles. The molecule has 4 aromatic rings. The lowest BCUT2D eigenvalue weighted by Gasteiger charge is -2.28. The summed E-state index contributed by atoms with van der Waals surface area (Å²) in [6, 6.07) is 22.2. The summed E-state index contributed by atoms with van der Waals surface area (Å²) in [6.45, 7) is 4.39. The summed E-state index contributed by atoms with van der Waals surface area (Å²) < 4.78 is 12.6. The normalized spacial score (nSPS) is 14.4. The molecular weight excluding hydrogens is 534 g/mol. The Hall–Kier alpha value is -3.95. The first-order chi connectivity index (χ1) is 18.9. The van der Waals surface area contributed by atoms with Crippen molar-refractivity contribution in [3.05, 3.63) is 100 Å². The number of hydrogen-bond acceptors (Lipinski definition) is 7. The van der Waals surface area contributed by atoms with Gasteiger partial charge in [-0.05, 0) is 73.5 Å². The van der Waals surface area contributed by atoms with Gasteiger partial charge < -0.3 is 20.1 Å². The summed E-state index contributed by atoms with van der Waals surface area (Å²) >= 11 is 7.65. The van der Waals surface area contributed by atoms with E-state index in [1.807, 2.05) is 62.4 Å². The Labute approximate surface area is 236 Å². The molecule has 0 spiro atoms. The zero-order chi connectivity index (χ0) is 27.4. The molecule has 0 radical (unpaired) electrons. The lowest BCUT2D eigenvalue weighted by atomic mass is 9.95. The highest BCUT2D eigenvalue weighted by molar-refractivity contribution is 7.98. The minimum absolute atomic E-state index is 0.238. The second kappa shape index (κ2) is 11.8. The molecule has 1 aliphatic rings. The fourth-order valence-corrected chi connectivity index (χ4v) is 5.34. The number of carbonyl (C=O) groups excluding carboxylic acids is 1. The summed E-state index contributed by atoms with van der Waals surface area (Å²) in [6.07, 6.45) is 0. The molecule has 0 bridgehead atoms. The van der Waals surface area contributed by atoms with Crippen LogP contribution in [0.4, 0.5) is 11.6 Å². The SMILES string of the molecule is CCOc1ccc([C@H]2C(C(=O)Nc3ccc(OC)cc3)=C(C)Nc3nc(SCc4cccc(Cl)c4)nn32)cc1. The fourth-order valence-electron chi connectivity index (χ4n) is 4.36. The van der Waals surface area contributed by atoms with Crippen molar-refractivity contribution in [3.63, 3.8) is 0 Å². The lowest BCUT2D eigenvalue weighted by molar-refractivity contribution is -0.113. The van der Waals surface area contributed by atoms with Gasteiger partial charge in [0.2, 0.25) is 11.1 Å². The monoisotopic (exact) mass is 561 g/mol. The van der Waals surface area contributed by atoms with Gasteiger partial charge in [0.1, 0.15) is 17.5 Å². The molecule has 1 amide bonds. The molecule has 0 saturated heterocycles. The summed E-state index contributed by atoms with van der Waals surface area (Å²) in [5, 5.41) is 12.4. The second-order valence-electron chi connectivity index (χ2n) is 8.83.